The van der Waals surface area contributed by atoms with E-state index in [-0.39, 0.29) is 0 Å². The molecule has 90 valence electrons. The first-order chi connectivity index (χ1) is 7.33. The van der Waals surface area contributed by atoms with Crippen molar-refractivity contribution in [1.82, 2.24) is 5.32 Å². The molecule has 1 N–H and O–H groups in total. The molecule has 15 heavy (non-hydrogen) atoms. The van der Waals surface area contributed by atoms with Crippen molar-refractivity contribution in [1.29, 1.82) is 0 Å². The average Bonchev–Trinajstić information content (AvgIpc) is 2.26. The maximum Gasteiger partial charge on any atom is 0.0619 e. The van der Waals surface area contributed by atoms with Gasteiger partial charge in [0.05, 0.1) is 12.7 Å². The van der Waals surface area contributed by atoms with Crippen LogP contribution in [0, 0.1) is 0 Å². The van der Waals surface area contributed by atoms with Crippen molar-refractivity contribution >= 4 is 0 Å². The van der Waals surface area contributed by atoms with Crippen molar-refractivity contribution in [2.45, 2.75) is 51.7 Å². The van der Waals surface area contributed by atoms with Gasteiger partial charge in [0.2, 0.25) is 0 Å². The summed E-state index contributed by atoms with van der Waals surface area (Å²) in [5.74, 6) is 0. The molecule has 1 aliphatic heterocycles. The summed E-state index contributed by atoms with van der Waals surface area (Å²) < 4.78 is 11.0. The average molecular weight is 215 g/mol. The highest BCUT2D eigenvalue weighted by Gasteiger charge is 2.13. The Morgan fingerprint density at radius 1 is 1.40 bits per heavy atom. The van der Waals surface area contributed by atoms with E-state index in [1.807, 2.05) is 0 Å². The molecule has 1 heterocycles. The zero-order valence-corrected chi connectivity index (χ0v) is 10.1. The maximum absolute atomic E-state index is 5.77. The molecule has 0 aromatic carbocycles. The molecule has 0 aromatic rings. The van der Waals surface area contributed by atoms with Gasteiger partial charge in [-0.15, -0.1) is 0 Å². The molecule has 1 fully saturated rings. The number of hydrogen-bond acceptors (Lipinski definition) is 3. The van der Waals surface area contributed by atoms with Gasteiger partial charge >= 0.3 is 0 Å². The lowest BCUT2D eigenvalue weighted by Crippen LogP contribution is -2.31. The van der Waals surface area contributed by atoms with Gasteiger partial charge in [-0.25, -0.2) is 0 Å². The largest absolute Gasteiger partial charge is 0.381 e. The fraction of sp³-hybridized carbons (Fsp3) is 1.00. The molecule has 0 aromatic heterocycles. The summed E-state index contributed by atoms with van der Waals surface area (Å²) in [6.45, 7) is 7.99. The highest BCUT2D eigenvalue weighted by molar-refractivity contribution is 4.63. The van der Waals surface area contributed by atoms with Gasteiger partial charge < -0.3 is 14.8 Å². The molecule has 0 spiro atoms. The Morgan fingerprint density at radius 2 is 2.13 bits per heavy atom. The summed E-state index contributed by atoms with van der Waals surface area (Å²) >= 11 is 0. The van der Waals surface area contributed by atoms with Crippen LogP contribution in [-0.4, -0.2) is 38.5 Å². The lowest BCUT2D eigenvalue weighted by Gasteiger charge is -2.23. The minimum absolute atomic E-state index is 0.432. The Bertz CT molecular complexity index is 147. The predicted molar refractivity (Wildman–Crippen MR) is 62.2 cm³/mol. The first kappa shape index (κ1) is 12.9. The quantitative estimate of drug-likeness (QED) is 0.659. The third-order valence-electron chi connectivity index (χ3n) is 2.84. The van der Waals surface area contributed by atoms with Crippen molar-refractivity contribution < 1.29 is 9.47 Å². The fourth-order valence-electron chi connectivity index (χ4n) is 1.91. The third-order valence-corrected chi connectivity index (χ3v) is 2.84. The van der Waals surface area contributed by atoms with Crippen molar-refractivity contribution in [2.75, 3.05) is 26.4 Å². The van der Waals surface area contributed by atoms with Crippen LogP contribution < -0.4 is 5.32 Å². The topological polar surface area (TPSA) is 30.5 Å². The first-order valence-electron chi connectivity index (χ1n) is 6.25. The molecule has 0 bridgehead atoms. The SMILES string of the molecule is CCCC(C)NCCOC1CCOCC1. The Labute approximate surface area is 93.5 Å². The molecule has 3 nitrogen and oxygen atoms in total. The highest BCUT2D eigenvalue weighted by atomic mass is 16.5. The summed E-state index contributed by atoms with van der Waals surface area (Å²) in [6.07, 6.45) is 5.04. The van der Waals surface area contributed by atoms with Crippen molar-refractivity contribution in [3.63, 3.8) is 0 Å². The molecule has 0 amide bonds. The molecule has 1 rings (SSSR count). The molecule has 1 atom stereocenters. The molecule has 1 aliphatic rings. The van der Waals surface area contributed by atoms with E-state index in [1.165, 1.54) is 12.8 Å². The van der Waals surface area contributed by atoms with Crippen LogP contribution >= 0.6 is 0 Å². The molecular formula is C12H25NO2. The Balaban J connectivity index is 1.91. The molecule has 0 radical (unpaired) electrons. The highest BCUT2D eigenvalue weighted by Crippen LogP contribution is 2.09. The summed E-state index contributed by atoms with van der Waals surface area (Å²) in [7, 11) is 0. The fourth-order valence-corrected chi connectivity index (χ4v) is 1.91. The summed E-state index contributed by atoms with van der Waals surface area (Å²) in [5, 5.41) is 3.47. The Morgan fingerprint density at radius 3 is 2.80 bits per heavy atom. The Hall–Kier alpha value is -0.120. The van der Waals surface area contributed by atoms with E-state index in [4.69, 9.17) is 9.47 Å². The van der Waals surface area contributed by atoms with E-state index < -0.39 is 0 Å². The Kier molecular flexibility index (Phi) is 6.98. The van der Waals surface area contributed by atoms with Gasteiger partial charge in [-0.05, 0) is 26.2 Å². The van der Waals surface area contributed by atoms with Gasteiger partial charge in [0.25, 0.3) is 0 Å². The zero-order chi connectivity index (χ0) is 10.9. The van der Waals surface area contributed by atoms with Crippen LogP contribution in [0.3, 0.4) is 0 Å². The second-order valence-corrected chi connectivity index (χ2v) is 4.33. The number of ether oxygens (including phenoxy) is 2. The summed E-state index contributed by atoms with van der Waals surface area (Å²) in [4.78, 5) is 0. The van der Waals surface area contributed by atoms with Crippen LogP contribution in [0.25, 0.3) is 0 Å². The van der Waals surface area contributed by atoms with Gasteiger partial charge in [-0.1, -0.05) is 13.3 Å². The minimum Gasteiger partial charge on any atom is -0.381 e. The predicted octanol–water partition coefficient (Wildman–Crippen LogP) is 1.96. The van der Waals surface area contributed by atoms with E-state index >= 15 is 0 Å². The molecule has 1 saturated heterocycles. The number of nitrogens with one attached hydrogen (secondary N) is 1. The van der Waals surface area contributed by atoms with Crippen molar-refractivity contribution in [2.24, 2.45) is 0 Å². The third kappa shape index (κ3) is 6.13. The smallest absolute Gasteiger partial charge is 0.0619 e. The first-order valence-corrected chi connectivity index (χ1v) is 6.25. The van der Waals surface area contributed by atoms with E-state index in [1.54, 1.807) is 0 Å². The summed E-state index contributed by atoms with van der Waals surface area (Å²) in [6, 6.07) is 0.619. The minimum atomic E-state index is 0.432. The van der Waals surface area contributed by atoms with Crippen LogP contribution in [0.1, 0.15) is 39.5 Å². The second kappa shape index (κ2) is 8.08. The van der Waals surface area contributed by atoms with E-state index in [2.05, 4.69) is 19.2 Å². The number of hydrogen-bond donors (Lipinski definition) is 1. The number of rotatable bonds is 7. The summed E-state index contributed by atoms with van der Waals surface area (Å²) in [5.41, 5.74) is 0. The van der Waals surface area contributed by atoms with Gasteiger partial charge in [0.1, 0.15) is 0 Å². The standard InChI is InChI=1S/C12H25NO2/c1-3-4-11(2)13-7-10-15-12-5-8-14-9-6-12/h11-13H,3-10H2,1-2H3. The van der Waals surface area contributed by atoms with Crippen molar-refractivity contribution in [3.05, 3.63) is 0 Å². The van der Waals surface area contributed by atoms with Gasteiger partial charge in [-0.3, -0.25) is 0 Å². The van der Waals surface area contributed by atoms with Gasteiger partial charge in [0.15, 0.2) is 0 Å². The molecule has 1 unspecified atom stereocenters. The van der Waals surface area contributed by atoms with E-state index in [0.29, 0.717) is 12.1 Å². The molecule has 0 saturated carbocycles. The van der Waals surface area contributed by atoms with Crippen LogP contribution in [0.15, 0.2) is 0 Å². The van der Waals surface area contributed by atoms with Crippen LogP contribution in [0.4, 0.5) is 0 Å². The van der Waals surface area contributed by atoms with Crippen LogP contribution in [0.5, 0.6) is 0 Å². The monoisotopic (exact) mass is 215 g/mol. The lowest BCUT2D eigenvalue weighted by molar-refractivity contribution is -0.0308. The van der Waals surface area contributed by atoms with Crippen molar-refractivity contribution in [3.8, 4) is 0 Å². The zero-order valence-electron chi connectivity index (χ0n) is 10.1. The molecular weight excluding hydrogens is 190 g/mol. The molecule has 3 heteroatoms. The van der Waals surface area contributed by atoms with Crippen LogP contribution in [-0.2, 0) is 9.47 Å². The van der Waals surface area contributed by atoms with Crippen LogP contribution in [0.2, 0.25) is 0 Å². The maximum atomic E-state index is 5.77. The normalized spacial score (nSPS) is 20.4. The lowest BCUT2D eigenvalue weighted by atomic mass is 10.1. The second-order valence-electron chi connectivity index (χ2n) is 4.33. The van der Waals surface area contributed by atoms with E-state index in [0.717, 1.165) is 39.2 Å². The molecule has 0 aliphatic carbocycles. The van der Waals surface area contributed by atoms with E-state index in [9.17, 15) is 0 Å². The van der Waals surface area contributed by atoms with Gasteiger partial charge in [-0.2, -0.15) is 0 Å². The van der Waals surface area contributed by atoms with Gasteiger partial charge in [0, 0.05) is 25.8 Å².